The van der Waals surface area contributed by atoms with Gasteiger partial charge in [-0.25, -0.2) is 0 Å². The number of para-hydroxylation sites is 1. The molecule has 1 fully saturated rings. The lowest BCUT2D eigenvalue weighted by Gasteiger charge is -2.28. The first-order valence-electron chi connectivity index (χ1n) is 6.51. The van der Waals surface area contributed by atoms with E-state index in [2.05, 4.69) is 21.2 Å². The molecule has 100 valence electrons. The molecule has 0 unspecified atom stereocenters. The summed E-state index contributed by atoms with van der Waals surface area (Å²) in [4.78, 5) is 0. The maximum atomic E-state index is 9.89. The summed E-state index contributed by atoms with van der Waals surface area (Å²) < 4.78 is 0.741. The summed E-state index contributed by atoms with van der Waals surface area (Å²) in [6, 6.07) is 6.22. The van der Waals surface area contributed by atoms with Crippen molar-refractivity contribution in [1.82, 2.24) is 5.32 Å². The Bertz CT molecular complexity index is 389. The lowest BCUT2D eigenvalue weighted by atomic mass is 9.86. The van der Waals surface area contributed by atoms with Gasteiger partial charge in [0.15, 0.2) is 0 Å². The maximum Gasteiger partial charge on any atom is 0.134 e. The van der Waals surface area contributed by atoms with Gasteiger partial charge in [-0.15, -0.1) is 0 Å². The van der Waals surface area contributed by atoms with Crippen molar-refractivity contribution in [1.29, 1.82) is 0 Å². The first-order valence-corrected chi connectivity index (χ1v) is 7.30. The Morgan fingerprint density at radius 2 is 1.94 bits per heavy atom. The number of aromatic hydroxyl groups is 1. The predicted molar refractivity (Wildman–Crippen MR) is 75.5 cm³/mol. The van der Waals surface area contributed by atoms with Gasteiger partial charge in [0.1, 0.15) is 5.75 Å². The second-order valence-electron chi connectivity index (χ2n) is 5.03. The molecule has 1 aromatic carbocycles. The molecule has 1 aliphatic carbocycles. The Balaban J connectivity index is 1.83. The molecule has 0 aliphatic heterocycles. The van der Waals surface area contributed by atoms with Gasteiger partial charge >= 0.3 is 0 Å². The SMILES string of the molecule is OCC1CCC(NCc2cccc(Br)c2O)CC1. The maximum absolute atomic E-state index is 9.89. The van der Waals surface area contributed by atoms with Gasteiger partial charge in [-0.3, -0.25) is 0 Å². The topological polar surface area (TPSA) is 52.5 Å². The van der Waals surface area contributed by atoms with E-state index in [9.17, 15) is 5.11 Å². The van der Waals surface area contributed by atoms with E-state index in [1.165, 1.54) is 0 Å². The van der Waals surface area contributed by atoms with Crippen molar-refractivity contribution < 1.29 is 10.2 Å². The number of halogens is 1. The van der Waals surface area contributed by atoms with E-state index in [0.29, 0.717) is 30.9 Å². The van der Waals surface area contributed by atoms with Gasteiger partial charge in [-0.05, 0) is 53.6 Å². The highest BCUT2D eigenvalue weighted by Gasteiger charge is 2.20. The molecule has 3 nitrogen and oxygen atoms in total. The van der Waals surface area contributed by atoms with Gasteiger partial charge in [0.2, 0.25) is 0 Å². The monoisotopic (exact) mass is 313 g/mol. The average molecular weight is 314 g/mol. The standard InChI is InChI=1S/C14H20BrNO2/c15-13-3-1-2-11(14(13)18)8-16-12-6-4-10(9-17)5-7-12/h1-3,10,12,16-18H,4-9H2. The van der Waals surface area contributed by atoms with Gasteiger partial charge in [0.05, 0.1) is 4.47 Å². The van der Waals surface area contributed by atoms with Crippen LogP contribution in [0.3, 0.4) is 0 Å². The van der Waals surface area contributed by atoms with Crippen LogP contribution >= 0.6 is 15.9 Å². The number of rotatable bonds is 4. The second kappa shape index (κ2) is 6.55. The number of hydrogen-bond donors (Lipinski definition) is 3. The molecule has 2 rings (SSSR count). The van der Waals surface area contributed by atoms with Crippen LogP contribution in [-0.2, 0) is 6.54 Å². The quantitative estimate of drug-likeness (QED) is 0.801. The van der Waals surface area contributed by atoms with E-state index >= 15 is 0 Å². The zero-order valence-corrected chi connectivity index (χ0v) is 12.0. The van der Waals surface area contributed by atoms with Crippen LogP contribution in [0.25, 0.3) is 0 Å². The molecule has 1 aromatic rings. The minimum absolute atomic E-state index is 0.319. The smallest absolute Gasteiger partial charge is 0.134 e. The Morgan fingerprint density at radius 3 is 2.61 bits per heavy atom. The van der Waals surface area contributed by atoms with Crippen molar-refractivity contribution in [2.75, 3.05) is 6.61 Å². The van der Waals surface area contributed by atoms with Crippen molar-refractivity contribution in [2.45, 2.75) is 38.3 Å². The fourth-order valence-corrected chi connectivity index (χ4v) is 2.91. The lowest BCUT2D eigenvalue weighted by molar-refractivity contribution is 0.175. The van der Waals surface area contributed by atoms with E-state index in [4.69, 9.17) is 5.11 Å². The molecule has 0 atom stereocenters. The fourth-order valence-electron chi connectivity index (χ4n) is 2.51. The third-order valence-corrected chi connectivity index (χ3v) is 4.40. The molecule has 0 amide bonds. The summed E-state index contributed by atoms with van der Waals surface area (Å²) in [7, 11) is 0. The molecule has 1 saturated carbocycles. The summed E-state index contributed by atoms with van der Waals surface area (Å²) in [5.74, 6) is 0.816. The number of benzene rings is 1. The summed E-state index contributed by atoms with van der Waals surface area (Å²) in [5.41, 5.74) is 0.925. The molecule has 0 spiro atoms. The molecule has 18 heavy (non-hydrogen) atoms. The minimum atomic E-state index is 0.319. The molecular formula is C14H20BrNO2. The Kier molecular flexibility index (Phi) is 5.03. The highest BCUT2D eigenvalue weighted by atomic mass is 79.9. The highest BCUT2D eigenvalue weighted by Crippen LogP contribution is 2.28. The zero-order chi connectivity index (χ0) is 13.0. The average Bonchev–Trinajstić information content (AvgIpc) is 2.41. The number of aliphatic hydroxyl groups is 1. The number of phenols is 1. The third-order valence-electron chi connectivity index (χ3n) is 3.76. The van der Waals surface area contributed by atoms with Crippen molar-refractivity contribution >= 4 is 15.9 Å². The van der Waals surface area contributed by atoms with E-state index in [1.807, 2.05) is 18.2 Å². The highest BCUT2D eigenvalue weighted by molar-refractivity contribution is 9.10. The summed E-state index contributed by atoms with van der Waals surface area (Å²) in [5, 5.41) is 22.5. The number of aliphatic hydroxyl groups excluding tert-OH is 1. The second-order valence-corrected chi connectivity index (χ2v) is 5.88. The van der Waals surface area contributed by atoms with Crippen molar-refractivity contribution in [2.24, 2.45) is 5.92 Å². The molecule has 0 radical (unpaired) electrons. The van der Waals surface area contributed by atoms with Crippen LogP contribution in [0, 0.1) is 5.92 Å². The summed E-state index contributed by atoms with van der Waals surface area (Å²) >= 11 is 3.32. The van der Waals surface area contributed by atoms with Crippen LogP contribution < -0.4 is 5.32 Å². The summed E-state index contributed by atoms with van der Waals surface area (Å²) in [6.07, 6.45) is 4.41. The van der Waals surface area contributed by atoms with E-state index in [0.717, 1.165) is 35.7 Å². The van der Waals surface area contributed by atoms with E-state index in [-0.39, 0.29) is 0 Å². The number of nitrogens with one attached hydrogen (secondary N) is 1. The van der Waals surface area contributed by atoms with Crippen LogP contribution in [0.1, 0.15) is 31.2 Å². The van der Waals surface area contributed by atoms with Crippen LogP contribution in [0.5, 0.6) is 5.75 Å². The summed E-state index contributed by atoms with van der Waals surface area (Å²) in [6.45, 7) is 1.01. The first kappa shape index (κ1) is 13.8. The van der Waals surface area contributed by atoms with Gasteiger partial charge in [-0.1, -0.05) is 12.1 Å². The fraction of sp³-hybridized carbons (Fsp3) is 0.571. The third kappa shape index (κ3) is 3.46. The zero-order valence-electron chi connectivity index (χ0n) is 10.4. The minimum Gasteiger partial charge on any atom is -0.506 e. The first-order chi connectivity index (χ1) is 8.70. The Morgan fingerprint density at radius 1 is 1.22 bits per heavy atom. The largest absolute Gasteiger partial charge is 0.506 e. The van der Waals surface area contributed by atoms with Gasteiger partial charge < -0.3 is 15.5 Å². The van der Waals surface area contributed by atoms with Gasteiger partial charge in [-0.2, -0.15) is 0 Å². The Hall–Kier alpha value is -0.580. The lowest BCUT2D eigenvalue weighted by Crippen LogP contribution is -2.33. The predicted octanol–water partition coefficient (Wildman–Crippen LogP) is 2.80. The number of hydrogen-bond acceptors (Lipinski definition) is 3. The van der Waals surface area contributed by atoms with Crippen molar-refractivity contribution in [3.05, 3.63) is 28.2 Å². The van der Waals surface area contributed by atoms with Crippen LogP contribution in [0.2, 0.25) is 0 Å². The van der Waals surface area contributed by atoms with Gasteiger partial charge in [0.25, 0.3) is 0 Å². The van der Waals surface area contributed by atoms with E-state index < -0.39 is 0 Å². The molecular weight excluding hydrogens is 294 g/mol. The number of phenolic OH excluding ortho intramolecular Hbond substituents is 1. The Labute approximate surface area is 116 Å². The van der Waals surface area contributed by atoms with E-state index in [1.54, 1.807) is 0 Å². The molecule has 0 bridgehead atoms. The van der Waals surface area contributed by atoms with Crippen LogP contribution in [0.4, 0.5) is 0 Å². The molecule has 3 N–H and O–H groups in total. The van der Waals surface area contributed by atoms with Crippen molar-refractivity contribution in [3.63, 3.8) is 0 Å². The normalized spacial score (nSPS) is 24.1. The molecule has 0 heterocycles. The van der Waals surface area contributed by atoms with Crippen LogP contribution in [0.15, 0.2) is 22.7 Å². The van der Waals surface area contributed by atoms with Gasteiger partial charge in [0, 0.05) is 24.8 Å². The molecule has 0 aromatic heterocycles. The molecule has 0 saturated heterocycles. The molecule has 1 aliphatic rings. The molecule has 4 heteroatoms. The van der Waals surface area contributed by atoms with Crippen molar-refractivity contribution in [3.8, 4) is 5.75 Å². The van der Waals surface area contributed by atoms with Crippen LogP contribution in [-0.4, -0.2) is 22.9 Å².